The number of fused-ring (bicyclic) bond motifs is 8. The number of halogens is 6. The lowest BCUT2D eigenvalue weighted by Gasteiger charge is -2.50. The fraction of sp³-hybridized carbons (Fsp3) is 0.568. The van der Waals surface area contributed by atoms with Crippen LogP contribution in [0, 0.1) is 0 Å². The van der Waals surface area contributed by atoms with Crippen molar-refractivity contribution in [3.8, 4) is 11.5 Å². The van der Waals surface area contributed by atoms with Gasteiger partial charge in [0.05, 0.1) is 0 Å². The molecule has 0 amide bonds. The van der Waals surface area contributed by atoms with Crippen LogP contribution in [0.3, 0.4) is 0 Å². The number of hydrogen-bond acceptors (Lipinski definition) is 2. The highest BCUT2D eigenvalue weighted by Crippen LogP contribution is 2.74. The van der Waals surface area contributed by atoms with E-state index in [1.165, 1.54) is 12.1 Å². The molecule has 2 aromatic rings. The predicted octanol–water partition coefficient (Wildman–Crippen LogP) is 11.6. The topological polar surface area (TPSA) is 18.5 Å². The summed E-state index contributed by atoms with van der Waals surface area (Å²) in [6.07, 6.45) is 11.0. The Hall–Kier alpha value is -2.90. The molecule has 1 saturated carbocycles. The third-order valence-electron chi connectivity index (χ3n) is 10.3. The summed E-state index contributed by atoms with van der Waals surface area (Å²) in [5, 5.41) is 0. The minimum atomic E-state index is -5.64. The van der Waals surface area contributed by atoms with Crippen LogP contribution in [0.2, 0.25) is 0 Å². The number of allylic oxidation sites excluding steroid dienone is 2. The van der Waals surface area contributed by atoms with E-state index in [1.807, 2.05) is 0 Å². The Labute approximate surface area is 261 Å². The van der Waals surface area contributed by atoms with Gasteiger partial charge in [-0.2, -0.15) is 26.3 Å². The molecule has 45 heavy (non-hydrogen) atoms. The van der Waals surface area contributed by atoms with Crippen molar-refractivity contribution in [1.82, 2.24) is 0 Å². The van der Waals surface area contributed by atoms with Crippen molar-refractivity contribution >= 4 is 11.1 Å². The molecule has 2 aliphatic heterocycles. The second-order valence-corrected chi connectivity index (χ2v) is 13.1. The quantitative estimate of drug-likeness (QED) is 0.152. The molecular weight excluding hydrogens is 590 g/mol. The lowest BCUT2D eigenvalue weighted by Crippen LogP contribution is -2.61. The summed E-state index contributed by atoms with van der Waals surface area (Å²) in [6.45, 7) is 4.23. The fourth-order valence-corrected chi connectivity index (χ4v) is 8.13. The third-order valence-corrected chi connectivity index (χ3v) is 10.3. The van der Waals surface area contributed by atoms with Crippen LogP contribution in [0.15, 0.2) is 59.7 Å². The zero-order valence-electron chi connectivity index (χ0n) is 26.1. The highest BCUT2D eigenvalue weighted by Gasteiger charge is 2.86. The van der Waals surface area contributed by atoms with Crippen LogP contribution in [0.25, 0.3) is 11.1 Å². The van der Waals surface area contributed by atoms with Gasteiger partial charge >= 0.3 is 17.8 Å². The van der Waals surface area contributed by atoms with Crippen molar-refractivity contribution in [2.75, 3.05) is 0 Å². The molecule has 2 aromatic carbocycles. The Morgan fingerprint density at radius 2 is 0.822 bits per heavy atom. The van der Waals surface area contributed by atoms with Gasteiger partial charge in [0.2, 0.25) is 0 Å². The zero-order chi connectivity index (χ0) is 32.1. The molecule has 0 N–H and O–H groups in total. The first-order chi connectivity index (χ1) is 21.5. The smallest absolute Gasteiger partial charge is 0.380 e. The Bertz CT molecular complexity index is 1380. The predicted molar refractivity (Wildman–Crippen MR) is 164 cm³/mol. The Kier molecular flexibility index (Phi) is 8.35. The number of alkyl halides is 6. The molecule has 2 nitrogen and oxygen atoms in total. The third kappa shape index (κ3) is 4.51. The molecule has 6 rings (SSSR count). The van der Waals surface area contributed by atoms with Crippen molar-refractivity contribution in [2.24, 2.45) is 0 Å². The second kappa shape index (κ2) is 11.7. The van der Waals surface area contributed by atoms with E-state index in [4.69, 9.17) is 9.47 Å². The lowest BCUT2D eigenvalue weighted by atomic mass is 9.60. The molecule has 2 atom stereocenters. The molecule has 2 aliphatic carbocycles. The molecular formula is C37H42F6O2. The van der Waals surface area contributed by atoms with Gasteiger partial charge in [-0.1, -0.05) is 114 Å². The number of ether oxygens (including phenoxy) is 2. The van der Waals surface area contributed by atoms with Crippen LogP contribution < -0.4 is 9.47 Å². The van der Waals surface area contributed by atoms with Gasteiger partial charge in [-0.25, -0.2) is 0 Å². The van der Waals surface area contributed by atoms with Crippen LogP contribution in [0.1, 0.15) is 115 Å². The molecule has 0 radical (unpaired) electrons. The first kappa shape index (κ1) is 32.1. The second-order valence-electron chi connectivity index (χ2n) is 13.1. The molecule has 0 unspecified atom stereocenters. The summed E-state index contributed by atoms with van der Waals surface area (Å²) in [4.78, 5) is 0. The Morgan fingerprint density at radius 3 is 1.22 bits per heavy atom. The van der Waals surface area contributed by atoms with Gasteiger partial charge in [0.25, 0.3) is 0 Å². The molecule has 0 spiro atoms. The average molecular weight is 633 g/mol. The maximum absolute atomic E-state index is 16.1. The van der Waals surface area contributed by atoms with Crippen molar-refractivity contribution in [1.29, 1.82) is 0 Å². The molecule has 0 saturated heterocycles. The van der Waals surface area contributed by atoms with Gasteiger partial charge in [0, 0.05) is 33.4 Å². The Morgan fingerprint density at radius 1 is 0.467 bits per heavy atom. The van der Waals surface area contributed by atoms with Crippen molar-refractivity contribution in [2.45, 2.75) is 133 Å². The maximum atomic E-state index is 16.1. The summed E-state index contributed by atoms with van der Waals surface area (Å²) >= 11 is 0. The summed E-state index contributed by atoms with van der Waals surface area (Å²) in [6, 6.07) is 12.8. The van der Waals surface area contributed by atoms with Gasteiger partial charge < -0.3 is 9.47 Å². The zero-order valence-corrected chi connectivity index (χ0v) is 26.1. The lowest BCUT2D eigenvalue weighted by molar-refractivity contribution is -0.257. The van der Waals surface area contributed by atoms with Crippen LogP contribution in [-0.2, 0) is 0 Å². The fourth-order valence-electron chi connectivity index (χ4n) is 8.13. The van der Waals surface area contributed by atoms with Crippen LogP contribution in [-0.4, -0.2) is 29.0 Å². The number of unbranched alkanes of at least 4 members (excludes halogenated alkanes) is 10. The molecule has 244 valence electrons. The van der Waals surface area contributed by atoms with Crippen molar-refractivity contribution in [3.05, 3.63) is 70.8 Å². The van der Waals surface area contributed by atoms with Gasteiger partial charge in [0.15, 0.2) is 11.2 Å². The summed E-state index contributed by atoms with van der Waals surface area (Å²) in [5.74, 6) is -15.5. The van der Waals surface area contributed by atoms with Gasteiger partial charge in [-0.05, 0) is 37.8 Å². The van der Waals surface area contributed by atoms with E-state index in [2.05, 4.69) is 13.8 Å². The van der Waals surface area contributed by atoms with E-state index in [1.54, 1.807) is 36.4 Å². The monoisotopic (exact) mass is 632 g/mol. The van der Waals surface area contributed by atoms with Gasteiger partial charge in [0.1, 0.15) is 11.5 Å². The molecule has 4 aliphatic rings. The average Bonchev–Trinajstić information content (AvgIpc) is 3.56. The summed E-state index contributed by atoms with van der Waals surface area (Å²) in [5.41, 5.74) is -6.17. The largest absolute Gasteiger partial charge is 0.477 e. The van der Waals surface area contributed by atoms with E-state index >= 15 is 26.3 Å². The normalized spacial score (nSPS) is 26.1. The van der Waals surface area contributed by atoms with E-state index < -0.39 is 40.1 Å². The highest BCUT2D eigenvalue weighted by molar-refractivity contribution is 6.02. The van der Waals surface area contributed by atoms with Crippen LogP contribution >= 0.6 is 0 Å². The standard InChI is InChI=1S/C37H42F6O2/c1-3-5-7-9-11-17-23-33-29(25-19-13-15-21-27(25)44-33)31-32(36(40,41)37(42,43)35(31,38)39)30-26-20-14-16-22-28(26)45-34(30,33)24-18-12-10-8-6-4-2/h13-16,19-22H,3-12,17-18,23-24H2,1-2H3/t33-,34-/m0/s1. The molecule has 1 fully saturated rings. The summed E-state index contributed by atoms with van der Waals surface area (Å²) < 4.78 is 109. The van der Waals surface area contributed by atoms with Gasteiger partial charge in [-0.3, -0.25) is 0 Å². The summed E-state index contributed by atoms with van der Waals surface area (Å²) in [7, 11) is 0. The molecule has 8 heteroatoms. The SMILES string of the molecule is CCCCCCCC[C@]12Oc3ccccc3C1=C1C(=C3c4ccccc4O[C@@]32CCCCCCCC)C(F)(F)C(F)(F)C1(F)F. The molecule has 0 aromatic heterocycles. The van der Waals surface area contributed by atoms with E-state index in [-0.39, 0.29) is 46.6 Å². The van der Waals surface area contributed by atoms with Gasteiger partial charge in [-0.15, -0.1) is 0 Å². The van der Waals surface area contributed by atoms with E-state index in [0.717, 1.165) is 64.2 Å². The Balaban J connectivity index is 1.60. The number of rotatable bonds is 14. The van der Waals surface area contributed by atoms with Crippen molar-refractivity contribution in [3.63, 3.8) is 0 Å². The van der Waals surface area contributed by atoms with E-state index in [9.17, 15) is 0 Å². The van der Waals surface area contributed by atoms with Crippen molar-refractivity contribution < 1.29 is 35.8 Å². The van der Waals surface area contributed by atoms with Crippen LogP contribution in [0.4, 0.5) is 26.3 Å². The highest BCUT2D eigenvalue weighted by atomic mass is 19.3. The number of para-hydroxylation sites is 2. The number of hydrogen-bond donors (Lipinski definition) is 0. The maximum Gasteiger partial charge on any atom is 0.380 e. The van der Waals surface area contributed by atoms with Crippen LogP contribution in [0.5, 0.6) is 11.5 Å². The first-order valence-corrected chi connectivity index (χ1v) is 16.7. The van der Waals surface area contributed by atoms with E-state index in [0.29, 0.717) is 12.8 Å². The number of benzene rings is 2. The molecule has 2 heterocycles. The minimum absolute atomic E-state index is 0.157. The first-order valence-electron chi connectivity index (χ1n) is 16.7. The minimum Gasteiger partial charge on any atom is -0.477 e. The molecule has 0 bridgehead atoms.